The zero-order valence-electron chi connectivity index (χ0n) is 9.73. The van der Waals surface area contributed by atoms with E-state index in [1.54, 1.807) is 10.9 Å². The van der Waals surface area contributed by atoms with Gasteiger partial charge in [0.1, 0.15) is 11.5 Å². The van der Waals surface area contributed by atoms with E-state index in [0.29, 0.717) is 5.82 Å². The molecule has 5 nitrogen and oxygen atoms in total. The number of aryl methyl sites for hydroxylation is 2. The van der Waals surface area contributed by atoms with E-state index in [0.717, 1.165) is 23.8 Å². The molecular weight excluding hydrogens is 202 g/mol. The Balaban J connectivity index is 2.45. The van der Waals surface area contributed by atoms with Crippen molar-refractivity contribution >= 4 is 5.82 Å². The fourth-order valence-electron chi connectivity index (χ4n) is 1.55. The molecule has 84 valence electrons. The van der Waals surface area contributed by atoms with Crippen LogP contribution in [0, 0.1) is 6.92 Å². The van der Waals surface area contributed by atoms with Crippen molar-refractivity contribution in [2.45, 2.75) is 13.8 Å². The molecule has 2 aromatic heterocycles. The highest BCUT2D eigenvalue weighted by molar-refractivity contribution is 5.53. The second-order valence-electron chi connectivity index (χ2n) is 3.59. The Morgan fingerprint density at radius 2 is 2.19 bits per heavy atom. The average molecular weight is 217 g/mol. The molecule has 16 heavy (non-hydrogen) atoms. The predicted octanol–water partition coefficient (Wildman–Crippen LogP) is 1.62. The summed E-state index contributed by atoms with van der Waals surface area (Å²) in [6.45, 7) is 4.85. The summed E-state index contributed by atoms with van der Waals surface area (Å²) < 4.78 is 1.77. The standard InChI is InChI=1S/C11H15N5/c1-4-12-10-7-8(2)14-11(15-10)9-5-6-13-16(9)3/h5-7H,4H2,1-3H3,(H,12,14,15). The van der Waals surface area contributed by atoms with Crippen LogP contribution < -0.4 is 5.32 Å². The summed E-state index contributed by atoms with van der Waals surface area (Å²) >= 11 is 0. The normalized spacial score (nSPS) is 10.4. The van der Waals surface area contributed by atoms with Crippen molar-refractivity contribution in [3.8, 4) is 11.5 Å². The molecule has 0 saturated carbocycles. The van der Waals surface area contributed by atoms with Crippen molar-refractivity contribution in [2.24, 2.45) is 7.05 Å². The zero-order valence-corrected chi connectivity index (χ0v) is 9.73. The van der Waals surface area contributed by atoms with Crippen molar-refractivity contribution < 1.29 is 0 Å². The van der Waals surface area contributed by atoms with Crippen LogP contribution in [-0.4, -0.2) is 26.3 Å². The third-order valence-electron chi connectivity index (χ3n) is 2.26. The Morgan fingerprint density at radius 3 is 2.81 bits per heavy atom. The topological polar surface area (TPSA) is 55.6 Å². The molecule has 1 N–H and O–H groups in total. The van der Waals surface area contributed by atoms with Gasteiger partial charge in [-0.05, 0) is 19.9 Å². The molecule has 0 spiro atoms. The summed E-state index contributed by atoms with van der Waals surface area (Å²) in [5.41, 5.74) is 1.87. The van der Waals surface area contributed by atoms with Crippen LogP contribution in [0.15, 0.2) is 18.3 Å². The largest absolute Gasteiger partial charge is 0.370 e. The van der Waals surface area contributed by atoms with Gasteiger partial charge in [0.15, 0.2) is 5.82 Å². The van der Waals surface area contributed by atoms with Crippen LogP contribution in [0.3, 0.4) is 0 Å². The molecule has 2 heterocycles. The summed E-state index contributed by atoms with van der Waals surface area (Å²) in [6, 6.07) is 3.84. The summed E-state index contributed by atoms with van der Waals surface area (Å²) in [6.07, 6.45) is 1.74. The number of nitrogens with zero attached hydrogens (tertiary/aromatic N) is 4. The Hall–Kier alpha value is -1.91. The van der Waals surface area contributed by atoms with Gasteiger partial charge < -0.3 is 5.32 Å². The highest BCUT2D eigenvalue weighted by Gasteiger charge is 2.07. The number of aromatic nitrogens is 4. The fraction of sp³-hybridized carbons (Fsp3) is 0.364. The molecule has 5 heteroatoms. The first-order chi connectivity index (χ1) is 7.70. The highest BCUT2D eigenvalue weighted by Crippen LogP contribution is 2.16. The van der Waals surface area contributed by atoms with Crippen molar-refractivity contribution in [3.05, 3.63) is 24.0 Å². The van der Waals surface area contributed by atoms with Gasteiger partial charge >= 0.3 is 0 Å². The SMILES string of the molecule is CCNc1cc(C)nc(-c2ccnn2C)n1. The fourth-order valence-corrected chi connectivity index (χ4v) is 1.55. The molecule has 0 atom stereocenters. The van der Waals surface area contributed by atoms with Crippen molar-refractivity contribution in [1.82, 2.24) is 19.7 Å². The second kappa shape index (κ2) is 4.30. The molecule has 0 fully saturated rings. The van der Waals surface area contributed by atoms with E-state index in [1.165, 1.54) is 0 Å². The summed E-state index contributed by atoms with van der Waals surface area (Å²) in [5, 5.41) is 7.30. The smallest absolute Gasteiger partial charge is 0.180 e. The summed E-state index contributed by atoms with van der Waals surface area (Å²) in [4.78, 5) is 8.85. The molecule has 0 aliphatic carbocycles. The van der Waals surface area contributed by atoms with Gasteiger partial charge in [-0.1, -0.05) is 0 Å². The molecule has 2 rings (SSSR count). The van der Waals surface area contributed by atoms with Gasteiger partial charge in [0.05, 0.1) is 0 Å². The van der Waals surface area contributed by atoms with Gasteiger partial charge in [-0.15, -0.1) is 0 Å². The van der Waals surface area contributed by atoms with Crippen LogP contribution in [0.4, 0.5) is 5.82 Å². The van der Waals surface area contributed by atoms with Crippen molar-refractivity contribution in [3.63, 3.8) is 0 Å². The second-order valence-corrected chi connectivity index (χ2v) is 3.59. The average Bonchev–Trinajstić information content (AvgIpc) is 2.64. The number of rotatable bonds is 3. The van der Waals surface area contributed by atoms with Gasteiger partial charge in [-0.3, -0.25) is 4.68 Å². The van der Waals surface area contributed by atoms with Gasteiger partial charge in [-0.25, -0.2) is 9.97 Å². The molecule has 2 aromatic rings. The molecular formula is C11H15N5. The molecule has 0 amide bonds. The molecule has 0 aliphatic rings. The minimum atomic E-state index is 0.705. The zero-order chi connectivity index (χ0) is 11.5. The van der Waals surface area contributed by atoms with E-state index in [1.807, 2.05) is 33.0 Å². The third-order valence-corrected chi connectivity index (χ3v) is 2.26. The Kier molecular flexibility index (Phi) is 2.85. The number of anilines is 1. The van der Waals surface area contributed by atoms with Crippen LogP contribution in [0.2, 0.25) is 0 Å². The Labute approximate surface area is 94.5 Å². The molecule has 0 bridgehead atoms. The lowest BCUT2D eigenvalue weighted by Gasteiger charge is -2.06. The first kappa shape index (κ1) is 10.6. The molecule has 0 aromatic carbocycles. The van der Waals surface area contributed by atoms with E-state index >= 15 is 0 Å². The highest BCUT2D eigenvalue weighted by atomic mass is 15.3. The van der Waals surface area contributed by atoms with E-state index in [9.17, 15) is 0 Å². The van der Waals surface area contributed by atoms with Gasteiger partial charge in [0.2, 0.25) is 0 Å². The molecule has 0 aliphatic heterocycles. The van der Waals surface area contributed by atoms with E-state index in [4.69, 9.17) is 0 Å². The lowest BCUT2D eigenvalue weighted by Crippen LogP contribution is -2.04. The molecule has 0 unspecified atom stereocenters. The minimum absolute atomic E-state index is 0.705. The van der Waals surface area contributed by atoms with Crippen LogP contribution in [-0.2, 0) is 7.05 Å². The maximum atomic E-state index is 4.44. The van der Waals surface area contributed by atoms with Crippen molar-refractivity contribution in [1.29, 1.82) is 0 Å². The van der Waals surface area contributed by atoms with Crippen LogP contribution >= 0.6 is 0 Å². The van der Waals surface area contributed by atoms with Gasteiger partial charge in [0, 0.05) is 31.5 Å². The summed E-state index contributed by atoms with van der Waals surface area (Å²) in [7, 11) is 1.88. The van der Waals surface area contributed by atoms with Crippen LogP contribution in [0.25, 0.3) is 11.5 Å². The van der Waals surface area contributed by atoms with E-state index < -0.39 is 0 Å². The number of hydrogen-bond acceptors (Lipinski definition) is 4. The van der Waals surface area contributed by atoms with Crippen molar-refractivity contribution in [2.75, 3.05) is 11.9 Å². The minimum Gasteiger partial charge on any atom is -0.370 e. The Bertz CT molecular complexity index is 489. The maximum Gasteiger partial charge on any atom is 0.180 e. The van der Waals surface area contributed by atoms with Crippen LogP contribution in [0.5, 0.6) is 0 Å². The first-order valence-corrected chi connectivity index (χ1v) is 5.28. The Morgan fingerprint density at radius 1 is 1.38 bits per heavy atom. The number of nitrogens with one attached hydrogen (secondary N) is 1. The van der Waals surface area contributed by atoms with Crippen LogP contribution in [0.1, 0.15) is 12.6 Å². The monoisotopic (exact) mass is 217 g/mol. The molecule has 0 saturated heterocycles. The lowest BCUT2D eigenvalue weighted by molar-refractivity contribution is 0.769. The maximum absolute atomic E-state index is 4.44. The summed E-state index contributed by atoms with van der Waals surface area (Å²) in [5.74, 6) is 1.56. The predicted molar refractivity (Wildman–Crippen MR) is 63.1 cm³/mol. The molecule has 0 radical (unpaired) electrons. The van der Waals surface area contributed by atoms with E-state index in [-0.39, 0.29) is 0 Å². The lowest BCUT2D eigenvalue weighted by atomic mass is 10.3. The number of hydrogen-bond donors (Lipinski definition) is 1. The van der Waals surface area contributed by atoms with Gasteiger partial charge in [-0.2, -0.15) is 5.10 Å². The van der Waals surface area contributed by atoms with E-state index in [2.05, 4.69) is 20.4 Å². The first-order valence-electron chi connectivity index (χ1n) is 5.28. The van der Waals surface area contributed by atoms with Gasteiger partial charge in [0.25, 0.3) is 0 Å². The quantitative estimate of drug-likeness (QED) is 0.848. The third kappa shape index (κ3) is 2.03.